The third-order valence-corrected chi connectivity index (χ3v) is 5.15. The first-order chi connectivity index (χ1) is 14.6. The summed E-state index contributed by atoms with van der Waals surface area (Å²) >= 11 is 0. The molecule has 2 aromatic carbocycles. The number of hydrogen-bond donors (Lipinski definition) is 1. The summed E-state index contributed by atoms with van der Waals surface area (Å²) in [6.07, 6.45) is 0. The molecule has 0 radical (unpaired) electrons. The van der Waals surface area contributed by atoms with Crippen molar-refractivity contribution in [2.45, 2.75) is 26.6 Å². The lowest BCUT2D eigenvalue weighted by Gasteiger charge is -2.14. The highest BCUT2D eigenvalue weighted by atomic mass is 16.5. The van der Waals surface area contributed by atoms with E-state index in [1.807, 2.05) is 67.6 Å². The van der Waals surface area contributed by atoms with Crippen LogP contribution in [-0.2, 0) is 19.6 Å². The monoisotopic (exact) mass is 403 g/mol. The number of aromatic nitrogens is 1. The van der Waals surface area contributed by atoms with Crippen LogP contribution in [0, 0.1) is 6.92 Å². The number of carbonyl (C=O) groups is 1. The Bertz CT molecular complexity index is 1170. The van der Waals surface area contributed by atoms with Crippen molar-refractivity contribution >= 4 is 16.9 Å². The molecule has 4 rings (SSSR count). The average molecular weight is 403 g/mol. The summed E-state index contributed by atoms with van der Waals surface area (Å²) in [6, 6.07) is 19.2. The summed E-state index contributed by atoms with van der Waals surface area (Å²) in [7, 11) is 1.60. The summed E-state index contributed by atoms with van der Waals surface area (Å²) in [5, 5.41) is 16.3. The lowest BCUT2D eigenvalue weighted by molar-refractivity contribution is -0.255. The molecule has 6 nitrogen and oxygen atoms in total. The maximum absolute atomic E-state index is 12.2. The van der Waals surface area contributed by atoms with Gasteiger partial charge < -0.3 is 28.9 Å². The summed E-state index contributed by atoms with van der Waals surface area (Å²) in [4.78, 5) is 12.2. The number of hydrogen-bond acceptors (Lipinski definition) is 5. The number of ether oxygens (including phenoxy) is 1. The number of carbonyl (C=O) groups excluding carboxylic acids is 1. The maximum Gasteiger partial charge on any atom is 0.120 e. The Labute approximate surface area is 174 Å². The molecular formula is C24H23N2O4-. The zero-order valence-electron chi connectivity index (χ0n) is 17.0. The van der Waals surface area contributed by atoms with Gasteiger partial charge in [-0.2, -0.15) is 0 Å². The molecule has 0 atom stereocenters. The molecule has 0 saturated heterocycles. The lowest BCUT2D eigenvalue weighted by atomic mass is 10.1. The van der Waals surface area contributed by atoms with Gasteiger partial charge >= 0.3 is 0 Å². The fourth-order valence-electron chi connectivity index (χ4n) is 3.76. The molecule has 30 heavy (non-hydrogen) atoms. The van der Waals surface area contributed by atoms with E-state index in [9.17, 15) is 9.90 Å². The molecule has 0 aliphatic heterocycles. The predicted molar refractivity (Wildman–Crippen MR) is 112 cm³/mol. The molecule has 0 saturated carbocycles. The van der Waals surface area contributed by atoms with Crippen molar-refractivity contribution < 1.29 is 19.1 Å². The minimum atomic E-state index is -1.20. The van der Waals surface area contributed by atoms with Gasteiger partial charge in [0.05, 0.1) is 30.8 Å². The highest BCUT2D eigenvalue weighted by molar-refractivity contribution is 5.98. The van der Waals surface area contributed by atoms with Crippen molar-refractivity contribution in [1.29, 1.82) is 0 Å². The molecule has 0 amide bonds. The molecule has 0 fully saturated rings. The number of nitrogens with one attached hydrogen (secondary N) is 1. The van der Waals surface area contributed by atoms with Gasteiger partial charge in [-0.25, -0.2) is 0 Å². The Kier molecular flexibility index (Phi) is 5.59. The molecule has 154 valence electrons. The van der Waals surface area contributed by atoms with Crippen LogP contribution in [0.1, 0.15) is 33.1 Å². The number of methoxy groups -OCH3 is 1. The van der Waals surface area contributed by atoms with Crippen LogP contribution in [-0.4, -0.2) is 17.6 Å². The van der Waals surface area contributed by atoms with Crippen molar-refractivity contribution in [3.8, 4) is 5.75 Å². The minimum absolute atomic E-state index is 0.172. The van der Waals surface area contributed by atoms with Gasteiger partial charge in [0.2, 0.25) is 0 Å². The normalized spacial score (nSPS) is 11.1. The maximum atomic E-state index is 12.2. The molecule has 2 heterocycles. The van der Waals surface area contributed by atoms with Crippen LogP contribution in [0.2, 0.25) is 0 Å². The smallest absolute Gasteiger partial charge is 0.120 e. The number of benzene rings is 2. The highest BCUT2D eigenvalue weighted by Crippen LogP contribution is 2.30. The quantitative estimate of drug-likeness (QED) is 0.489. The Morgan fingerprint density at radius 1 is 1.10 bits per heavy atom. The molecule has 2 aromatic heterocycles. The van der Waals surface area contributed by atoms with Crippen LogP contribution in [0.4, 0.5) is 0 Å². The number of carboxylic acid groups (broad SMARTS) is 1. The Balaban J connectivity index is 1.75. The van der Waals surface area contributed by atoms with Crippen LogP contribution in [0.5, 0.6) is 5.75 Å². The van der Waals surface area contributed by atoms with E-state index in [1.54, 1.807) is 11.7 Å². The Morgan fingerprint density at radius 2 is 1.90 bits per heavy atom. The largest absolute Gasteiger partial charge is 0.543 e. The summed E-state index contributed by atoms with van der Waals surface area (Å²) in [6.45, 7) is 3.18. The number of nitrogens with zero attached hydrogens (tertiary/aromatic N) is 1. The van der Waals surface area contributed by atoms with Gasteiger partial charge in [0.1, 0.15) is 17.3 Å². The van der Waals surface area contributed by atoms with Crippen molar-refractivity contribution in [1.82, 2.24) is 9.88 Å². The van der Waals surface area contributed by atoms with Gasteiger partial charge in [0.25, 0.3) is 0 Å². The van der Waals surface area contributed by atoms with Crippen molar-refractivity contribution in [3.63, 3.8) is 0 Å². The molecule has 6 heteroatoms. The summed E-state index contributed by atoms with van der Waals surface area (Å²) in [5.41, 5.74) is 2.66. The summed E-state index contributed by atoms with van der Waals surface area (Å²) < 4.78 is 12.8. The topological polar surface area (TPSA) is 79.5 Å². The molecule has 0 spiro atoms. The van der Waals surface area contributed by atoms with Crippen molar-refractivity contribution in [2.75, 3.05) is 7.11 Å². The molecule has 1 N–H and O–H groups in total. The second-order valence-electron chi connectivity index (χ2n) is 7.19. The van der Waals surface area contributed by atoms with Crippen molar-refractivity contribution in [3.05, 3.63) is 89.0 Å². The third kappa shape index (κ3) is 3.95. The zero-order chi connectivity index (χ0) is 21.1. The standard InChI is InChI=1S/C24H24N2O4/c1-16-8-9-19(30-16)13-25-14-21-20-11-10-18(29-2)12-22(20)26(23(21)24(27)28)15-17-6-4-3-5-7-17/h3-12,25H,13-15H2,1-2H3,(H,27,28)/p-1. The molecule has 4 aromatic rings. The zero-order valence-corrected chi connectivity index (χ0v) is 17.0. The highest BCUT2D eigenvalue weighted by Gasteiger charge is 2.19. The fourth-order valence-corrected chi connectivity index (χ4v) is 3.76. The van der Waals surface area contributed by atoms with Crippen LogP contribution >= 0.6 is 0 Å². The Hall–Kier alpha value is -3.51. The summed E-state index contributed by atoms with van der Waals surface area (Å²) in [5.74, 6) is 1.11. The molecule has 0 bridgehead atoms. The van der Waals surface area contributed by atoms with E-state index in [-0.39, 0.29) is 5.69 Å². The van der Waals surface area contributed by atoms with Gasteiger partial charge in [-0.1, -0.05) is 30.3 Å². The minimum Gasteiger partial charge on any atom is -0.543 e. The molecule has 0 aliphatic carbocycles. The van der Waals surface area contributed by atoms with Crippen LogP contribution in [0.3, 0.4) is 0 Å². The average Bonchev–Trinajstić information content (AvgIpc) is 3.29. The van der Waals surface area contributed by atoms with Crippen molar-refractivity contribution in [2.24, 2.45) is 0 Å². The van der Waals surface area contributed by atoms with Crippen LogP contribution < -0.4 is 15.2 Å². The molecular weight excluding hydrogens is 380 g/mol. The molecule has 0 unspecified atom stereocenters. The first-order valence-corrected chi connectivity index (χ1v) is 9.77. The SMILES string of the molecule is COc1ccc2c(CNCc3ccc(C)o3)c(C(=O)[O-])n(Cc3ccccc3)c2c1. The predicted octanol–water partition coefficient (Wildman–Crippen LogP) is 3.25. The van der Waals surface area contributed by atoms with E-state index >= 15 is 0 Å². The fraction of sp³-hybridized carbons (Fsp3) is 0.208. The second-order valence-corrected chi connectivity index (χ2v) is 7.19. The number of fused-ring (bicyclic) bond motifs is 1. The van der Waals surface area contributed by atoms with E-state index in [4.69, 9.17) is 9.15 Å². The third-order valence-electron chi connectivity index (χ3n) is 5.15. The first-order valence-electron chi connectivity index (χ1n) is 9.77. The van der Waals surface area contributed by atoms with E-state index in [2.05, 4.69) is 5.32 Å². The Morgan fingerprint density at radius 3 is 2.57 bits per heavy atom. The van der Waals surface area contributed by atoms with Gasteiger partial charge in [-0.05, 0) is 36.8 Å². The van der Waals surface area contributed by atoms with E-state index in [0.29, 0.717) is 30.9 Å². The van der Waals surface area contributed by atoms with Gasteiger partial charge in [-0.15, -0.1) is 0 Å². The van der Waals surface area contributed by atoms with Crippen LogP contribution in [0.15, 0.2) is 65.1 Å². The molecule has 0 aliphatic rings. The number of carboxylic acids is 1. The number of aryl methyl sites for hydroxylation is 1. The van der Waals surface area contributed by atoms with Gasteiger partial charge in [-0.3, -0.25) is 0 Å². The number of furan rings is 1. The number of rotatable bonds is 8. The van der Waals surface area contributed by atoms with E-state index in [1.165, 1.54) is 0 Å². The second kappa shape index (κ2) is 8.47. The van der Waals surface area contributed by atoms with E-state index < -0.39 is 5.97 Å². The first kappa shape index (κ1) is 19.8. The van der Waals surface area contributed by atoms with Gasteiger partial charge in [0.15, 0.2) is 0 Å². The van der Waals surface area contributed by atoms with Crippen LogP contribution in [0.25, 0.3) is 10.9 Å². The van der Waals surface area contributed by atoms with Gasteiger partial charge in [0, 0.05) is 30.1 Å². The van der Waals surface area contributed by atoms with E-state index in [0.717, 1.165) is 28.0 Å². The lowest BCUT2D eigenvalue weighted by Crippen LogP contribution is -2.28. The number of aromatic carboxylic acids is 1.